The normalized spacial score (nSPS) is 14.2. The molecule has 0 amide bonds. The third-order valence-corrected chi connectivity index (χ3v) is 8.22. The lowest BCUT2D eigenvalue weighted by Gasteiger charge is -2.29. The van der Waals surface area contributed by atoms with Crippen LogP contribution in [0.3, 0.4) is 0 Å². The van der Waals surface area contributed by atoms with Crippen LogP contribution in [0.25, 0.3) is 43.8 Å². The maximum Gasteiger partial charge on any atom is 0.130 e. The molecule has 0 radical (unpaired) electrons. The fraction of sp³-hybridized carbons (Fsp3) is 0.0256. The van der Waals surface area contributed by atoms with Gasteiger partial charge in [-0.25, -0.2) is 0 Å². The summed E-state index contributed by atoms with van der Waals surface area (Å²) in [6, 6.07) is 56.7. The zero-order chi connectivity index (χ0) is 27.2. The molecule has 7 aromatic carbocycles. The molecule has 2 heteroatoms. The molecule has 0 spiro atoms. The fourth-order valence-corrected chi connectivity index (χ4v) is 6.41. The first kappa shape index (κ1) is 23.5. The van der Waals surface area contributed by atoms with E-state index in [1.807, 2.05) is 0 Å². The monoisotopic (exact) mass is 524 g/mol. The molecule has 0 aromatic heterocycles. The molecular weight excluding hydrogens is 496 g/mol. The van der Waals surface area contributed by atoms with Gasteiger partial charge in [0.15, 0.2) is 0 Å². The Bertz CT molecular complexity index is 2010. The molecule has 0 fully saturated rings. The summed E-state index contributed by atoms with van der Waals surface area (Å²) in [5.74, 6) is 0. The van der Waals surface area contributed by atoms with Gasteiger partial charge < -0.3 is 10.2 Å². The maximum atomic E-state index is 4.03. The zero-order valence-electron chi connectivity index (χ0n) is 22.5. The third-order valence-electron chi connectivity index (χ3n) is 8.22. The maximum absolute atomic E-state index is 4.03. The summed E-state index contributed by atoms with van der Waals surface area (Å²) >= 11 is 0. The van der Waals surface area contributed by atoms with Crippen LogP contribution < -0.4 is 10.2 Å². The SMILES string of the molecule is c1ccc(-c2c3c(c(-c4ccc5ccccc5c4)c4ccccc24)N(c2ccccc2)C(c2ccccc2)N3)cc1. The van der Waals surface area contributed by atoms with Crippen molar-refractivity contribution in [1.29, 1.82) is 0 Å². The largest absolute Gasteiger partial charge is 0.359 e. The third kappa shape index (κ3) is 3.88. The highest BCUT2D eigenvalue weighted by Crippen LogP contribution is 2.57. The molecule has 1 unspecified atom stereocenters. The van der Waals surface area contributed by atoms with Gasteiger partial charge in [-0.2, -0.15) is 0 Å². The van der Waals surface area contributed by atoms with Crippen molar-refractivity contribution in [3.05, 3.63) is 163 Å². The van der Waals surface area contributed by atoms with Gasteiger partial charge in [-0.3, -0.25) is 0 Å². The lowest BCUT2D eigenvalue weighted by Crippen LogP contribution is -2.23. The number of rotatable bonds is 4. The minimum absolute atomic E-state index is 0.0629. The number of nitrogens with zero attached hydrogens (tertiary/aromatic N) is 1. The van der Waals surface area contributed by atoms with E-state index < -0.39 is 0 Å². The minimum atomic E-state index is -0.0629. The Balaban J connectivity index is 1.52. The van der Waals surface area contributed by atoms with Gasteiger partial charge in [0.25, 0.3) is 0 Å². The number of fused-ring (bicyclic) bond motifs is 3. The molecule has 7 aromatic rings. The van der Waals surface area contributed by atoms with Crippen LogP contribution >= 0.6 is 0 Å². The van der Waals surface area contributed by atoms with E-state index in [1.165, 1.54) is 55.0 Å². The Morgan fingerprint density at radius 3 is 1.78 bits per heavy atom. The van der Waals surface area contributed by atoms with Gasteiger partial charge >= 0.3 is 0 Å². The Labute approximate surface area is 240 Å². The topological polar surface area (TPSA) is 15.3 Å². The van der Waals surface area contributed by atoms with Crippen molar-refractivity contribution in [1.82, 2.24) is 0 Å². The number of anilines is 3. The Morgan fingerprint density at radius 2 is 1.05 bits per heavy atom. The Kier molecular flexibility index (Phi) is 5.56. The van der Waals surface area contributed by atoms with Gasteiger partial charge in [0.1, 0.15) is 6.17 Å². The van der Waals surface area contributed by atoms with Crippen LogP contribution in [0, 0.1) is 0 Å². The molecule has 1 aliphatic heterocycles. The number of benzene rings is 7. The molecule has 8 rings (SSSR count). The molecule has 1 heterocycles. The van der Waals surface area contributed by atoms with E-state index in [0.29, 0.717) is 0 Å². The molecule has 2 nitrogen and oxygen atoms in total. The lowest BCUT2D eigenvalue weighted by molar-refractivity contribution is 0.829. The fourth-order valence-electron chi connectivity index (χ4n) is 6.41. The second kappa shape index (κ2) is 9.69. The average Bonchev–Trinajstić information content (AvgIpc) is 3.44. The summed E-state index contributed by atoms with van der Waals surface area (Å²) in [5.41, 5.74) is 9.65. The first-order valence-corrected chi connectivity index (χ1v) is 14.2. The van der Waals surface area contributed by atoms with Gasteiger partial charge in [-0.1, -0.05) is 140 Å². The van der Waals surface area contributed by atoms with Gasteiger partial charge in [-0.15, -0.1) is 0 Å². The van der Waals surface area contributed by atoms with E-state index in [1.54, 1.807) is 0 Å². The highest BCUT2D eigenvalue weighted by atomic mass is 15.3. The molecule has 0 bridgehead atoms. The highest BCUT2D eigenvalue weighted by molar-refractivity contribution is 6.19. The van der Waals surface area contributed by atoms with E-state index in [4.69, 9.17) is 0 Å². The van der Waals surface area contributed by atoms with Gasteiger partial charge in [0.2, 0.25) is 0 Å². The molecule has 194 valence electrons. The van der Waals surface area contributed by atoms with Crippen molar-refractivity contribution in [2.24, 2.45) is 0 Å². The summed E-state index contributed by atoms with van der Waals surface area (Å²) in [4.78, 5) is 2.49. The molecule has 0 saturated carbocycles. The van der Waals surface area contributed by atoms with Crippen LogP contribution in [0.1, 0.15) is 11.7 Å². The molecule has 1 N–H and O–H groups in total. The van der Waals surface area contributed by atoms with Crippen LogP contribution in [0.15, 0.2) is 158 Å². The first-order chi connectivity index (χ1) is 20.4. The summed E-state index contributed by atoms with van der Waals surface area (Å²) in [6.07, 6.45) is -0.0629. The van der Waals surface area contributed by atoms with Crippen LogP contribution in [-0.2, 0) is 0 Å². The van der Waals surface area contributed by atoms with E-state index in [9.17, 15) is 0 Å². The second-order valence-electron chi connectivity index (χ2n) is 10.6. The average molecular weight is 525 g/mol. The number of para-hydroxylation sites is 1. The molecule has 1 atom stereocenters. The van der Waals surface area contributed by atoms with E-state index in [0.717, 1.165) is 11.4 Å². The van der Waals surface area contributed by atoms with Crippen molar-refractivity contribution in [2.75, 3.05) is 10.2 Å². The number of hydrogen-bond donors (Lipinski definition) is 1. The predicted octanol–water partition coefficient (Wildman–Crippen LogP) is 10.6. The van der Waals surface area contributed by atoms with E-state index in [-0.39, 0.29) is 6.17 Å². The van der Waals surface area contributed by atoms with Crippen LogP contribution in [0.2, 0.25) is 0 Å². The predicted molar refractivity (Wildman–Crippen MR) is 174 cm³/mol. The van der Waals surface area contributed by atoms with Crippen LogP contribution in [0.4, 0.5) is 17.1 Å². The summed E-state index contributed by atoms with van der Waals surface area (Å²) < 4.78 is 0. The second-order valence-corrected chi connectivity index (χ2v) is 10.6. The van der Waals surface area contributed by atoms with Crippen molar-refractivity contribution >= 4 is 38.6 Å². The van der Waals surface area contributed by atoms with Gasteiger partial charge in [0, 0.05) is 16.8 Å². The summed E-state index contributed by atoms with van der Waals surface area (Å²) in [7, 11) is 0. The molecule has 0 saturated heterocycles. The van der Waals surface area contributed by atoms with Crippen molar-refractivity contribution in [3.63, 3.8) is 0 Å². The number of nitrogens with one attached hydrogen (secondary N) is 1. The first-order valence-electron chi connectivity index (χ1n) is 14.2. The standard InChI is InChI=1S/C39H28N2/c1-4-15-28(16-5-1)35-33-22-12-13-23-34(33)36(31-25-24-27-14-10-11-19-30(27)26-31)38-37(35)40-39(29-17-6-2-7-18-29)41(38)32-20-8-3-9-21-32/h1-26,39-40H. The van der Waals surface area contributed by atoms with E-state index in [2.05, 4.69) is 168 Å². The lowest BCUT2D eigenvalue weighted by atomic mass is 9.88. The summed E-state index contributed by atoms with van der Waals surface area (Å²) in [6.45, 7) is 0. The van der Waals surface area contributed by atoms with E-state index >= 15 is 0 Å². The Hall–Kier alpha value is -5.34. The van der Waals surface area contributed by atoms with Gasteiger partial charge in [-0.05, 0) is 56.4 Å². The smallest absolute Gasteiger partial charge is 0.130 e. The molecular formula is C39H28N2. The highest BCUT2D eigenvalue weighted by Gasteiger charge is 2.37. The molecule has 1 aliphatic rings. The Morgan fingerprint density at radius 1 is 0.463 bits per heavy atom. The van der Waals surface area contributed by atoms with Crippen molar-refractivity contribution < 1.29 is 0 Å². The minimum Gasteiger partial charge on any atom is -0.359 e. The van der Waals surface area contributed by atoms with Crippen LogP contribution in [0.5, 0.6) is 0 Å². The van der Waals surface area contributed by atoms with Crippen molar-refractivity contribution in [2.45, 2.75) is 6.17 Å². The molecule has 41 heavy (non-hydrogen) atoms. The number of hydrogen-bond acceptors (Lipinski definition) is 2. The zero-order valence-corrected chi connectivity index (χ0v) is 22.5. The van der Waals surface area contributed by atoms with Crippen LogP contribution in [-0.4, -0.2) is 0 Å². The quantitative estimate of drug-likeness (QED) is 0.246. The van der Waals surface area contributed by atoms with Gasteiger partial charge in [0.05, 0.1) is 11.4 Å². The summed E-state index contributed by atoms with van der Waals surface area (Å²) in [5, 5.41) is 9.01. The van der Waals surface area contributed by atoms with Crippen molar-refractivity contribution in [3.8, 4) is 22.3 Å². The molecule has 0 aliphatic carbocycles.